The molecule has 156 valence electrons. The van der Waals surface area contributed by atoms with Gasteiger partial charge >= 0.3 is 0 Å². The number of hydrogen-bond acceptors (Lipinski definition) is 5. The third kappa shape index (κ3) is 4.53. The number of ether oxygens (including phenoxy) is 1. The number of amides is 1. The highest BCUT2D eigenvalue weighted by atomic mass is 16.6. The van der Waals surface area contributed by atoms with Crippen molar-refractivity contribution in [3.63, 3.8) is 0 Å². The fraction of sp³-hybridized carbons (Fsp3) is 0.130. The van der Waals surface area contributed by atoms with Gasteiger partial charge < -0.3 is 15.0 Å². The number of aromatic amines is 1. The highest BCUT2D eigenvalue weighted by Crippen LogP contribution is 2.25. The summed E-state index contributed by atoms with van der Waals surface area (Å²) < 4.78 is 5.81. The highest BCUT2D eigenvalue weighted by molar-refractivity contribution is 6.07. The van der Waals surface area contributed by atoms with Crippen LogP contribution in [0.5, 0.6) is 5.75 Å². The van der Waals surface area contributed by atoms with Crippen molar-refractivity contribution in [3.05, 3.63) is 100.0 Å². The summed E-state index contributed by atoms with van der Waals surface area (Å²) in [4.78, 5) is 30.6. The lowest BCUT2D eigenvalue weighted by Crippen LogP contribution is -2.26. The van der Waals surface area contributed by atoms with Crippen molar-refractivity contribution in [1.82, 2.24) is 15.3 Å². The number of nitro groups is 1. The number of fused-ring (bicyclic) bond motifs is 1. The van der Waals surface area contributed by atoms with E-state index in [1.807, 2.05) is 49.4 Å². The molecule has 0 fully saturated rings. The molecule has 8 nitrogen and oxygen atoms in total. The Bertz CT molecular complexity index is 1240. The number of hydrogen-bond donors (Lipinski definition) is 2. The maximum atomic E-state index is 12.8. The molecular formula is C23H20N4O4. The maximum Gasteiger partial charge on any atom is 0.270 e. The van der Waals surface area contributed by atoms with Gasteiger partial charge in [0.15, 0.2) is 0 Å². The molecule has 0 bridgehead atoms. The molecule has 1 amide bonds. The Morgan fingerprint density at radius 1 is 1.19 bits per heavy atom. The highest BCUT2D eigenvalue weighted by Gasteiger charge is 2.18. The van der Waals surface area contributed by atoms with E-state index in [2.05, 4.69) is 15.3 Å². The molecule has 1 unspecified atom stereocenters. The molecule has 2 aromatic carbocycles. The second-order valence-electron chi connectivity index (χ2n) is 7.07. The molecule has 0 aliphatic rings. The van der Waals surface area contributed by atoms with Crippen LogP contribution in [0.1, 0.15) is 34.6 Å². The molecule has 2 N–H and O–H groups in total. The molecule has 0 saturated carbocycles. The summed E-state index contributed by atoms with van der Waals surface area (Å²) in [6, 6.07) is 17.2. The Kier molecular flexibility index (Phi) is 5.61. The molecule has 0 aliphatic carbocycles. The Hall–Kier alpha value is -4.20. The van der Waals surface area contributed by atoms with Crippen LogP contribution in [-0.4, -0.2) is 20.8 Å². The first-order valence-electron chi connectivity index (χ1n) is 9.70. The Balaban J connectivity index is 1.47. The van der Waals surface area contributed by atoms with Crippen LogP contribution in [0, 0.1) is 10.1 Å². The average molecular weight is 416 g/mol. The normalized spacial score (nSPS) is 11.8. The van der Waals surface area contributed by atoms with Crippen LogP contribution in [0.2, 0.25) is 0 Å². The zero-order chi connectivity index (χ0) is 21.8. The lowest BCUT2D eigenvalue weighted by Gasteiger charge is -2.15. The van der Waals surface area contributed by atoms with Crippen LogP contribution in [0.25, 0.3) is 10.9 Å². The van der Waals surface area contributed by atoms with Gasteiger partial charge in [0.25, 0.3) is 11.6 Å². The lowest BCUT2D eigenvalue weighted by atomic mass is 10.1. The van der Waals surface area contributed by atoms with Crippen molar-refractivity contribution in [2.45, 2.75) is 19.6 Å². The van der Waals surface area contributed by atoms with E-state index in [1.54, 1.807) is 18.5 Å². The zero-order valence-corrected chi connectivity index (χ0v) is 16.7. The minimum absolute atomic E-state index is 0.0630. The van der Waals surface area contributed by atoms with E-state index >= 15 is 0 Å². The van der Waals surface area contributed by atoms with Crippen LogP contribution in [0.15, 0.2) is 73.1 Å². The summed E-state index contributed by atoms with van der Waals surface area (Å²) in [6.07, 6.45) is 3.27. The number of carbonyl (C=O) groups is 1. The summed E-state index contributed by atoms with van der Waals surface area (Å²) in [5.74, 6) is 0.353. The number of rotatable bonds is 7. The van der Waals surface area contributed by atoms with Crippen molar-refractivity contribution in [1.29, 1.82) is 0 Å². The monoisotopic (exact) mass is 416 g/mol. The second kappa shape index (κ2) is 8.66. The standard InChI is InChI=1S/C23H20N4O4/c1-15(16-5-4-7-19(11-16)31-14-17-6-2-3-10-24-17)26-23(28)21-13-25-22-9-8-18(27(29)30)12-20(21)22/h2-13,15,25H,14H2,1H3,(H,26,28). The number of nitro benzene ring substituents is 1. The molecule has 4 aromatic rings. The molecule has 2 heterocycles. The quantitative estimate of drug-likeness (QED) is 0.339. The number of non-ortho nitro benzene ring substituents is 1. The predicted octanol–water partition coefficient (Wildman–Crippen LogP) is 4.54. The van der Waals surface area contributed by atoms with Gasteiger partial charge in [-0.15, -0.1) is 0 Å². The average Bonchev–Trinajstić information content (AvgIpc) is 3.22. The summed E-state index contributed by atoms with van der Waals surface area (Å²) in [7, 11) is 0. The van der Waals surface area contributed by atoms with Crippen molar-refractivity contribution in [2.24, 2.45) is 0 Å². The fourth-order valence-corrected chi connectivity index (χ4v) is 3.28. The molecule has 2 aromatic heterocycles. The van der Waals surface area contributed by atoms with Crippen LogP contribution >= 0.6 is 0 Å². The SMILES string of the molecule is CC(NC(=O)c1c[nH]c2ccc([N+](=O)[O-])cc12)c1cccc(OCc2ccccn2)c1. The van der Waals surface area contributed by atoms with Crippen LogP contribution in [0.3, 0.4) is 0 Å². The van der Waals surface area contributed by atoms with E-state index in [4.69, 9.17) is 4.74 Å². The van der Waals surface area contributed by atoms with Crippen LogP contribution in [0.4, 0.5) is 5.69 Å². The van der Waals surface area contributed by atoms with E-state index < -0.39 is 4.92 Å². The first kappa shape index (κ1) is 20.1. The largest absolute Gasteiger partial charge is 0.487 e. The van der Waals surface area contributed by atoms with Gasteiger partial charge in [-0.05, 0) is 42.8 Å². The number of H-pyrrole nitrogens is 1. The topological polar surface area (TPSA) is 110 Å². The molecule has 4 rings (SSSR count). The fourth-order valence-electron chi connectivity index (χ4n) is 3.28. The number of carbonyl (C=O) groups excluding carboxylic acids is 1. The minimum atomic E-state index is -0.479. The molecule has 0 saturated heterocycles. The molecule has 0 aliphatic heterocycles. The van der Waals surface area contributed by atoms with Gasteiger partial charge in [0, 0.05) is 35.4 Å². The number of nitrogens with zero attached hydrogens (tertiary/aromatic N) is 2. The molecule has 8 heteroatoms. The number of pyridine rings is 1. The van der Waals surface area contributed by atoms with Crippen molar-refractivity contribution in [2.75, 3.05) is 0 Å². The third-order valence-electron chi connectivity index (χ3n) is 4.94. The lowest BCUT2D eigenvalue weighted by molar-refractivity contribution is -0.384. The number of aromatic nitrogens is 2. The Labute approximate surface area is 178 Å². The smallest absolute Gasteiger partial charge is 0.270 e. The van der Waals surface area contributed by atoms with Gasteiger partial charge in [0.1, 0.15) is 12.4 Å². The van der Waals surface area contributed by atoms with E-state index in [9.17, 15) is 14.9 Å². The van der Waals surface area contributed by atoms with Gasteiger partial charge in [0.2, 0.25) is 0 Å². The van der Waals surface area contributed by atoms with Gasteiger partial charge in [-0.2, -0.15) is 0 Å². The molecule has 0 spiro atoms. The zero-order valence-electron chi connectivity index (χ0n) is 16.7. The van der Waals surface area contributed by atoms with E-state index in [0.29, 0.717) is 28.8 Å². The predicted molar refractivity (Wildman–Crippen MR) is 116 cm³/mol. The van der Waals surface area contributed by atoms with Crippen molar-refractivity contribution in [3.8, 4) is 5.75 Å². The second-order valence-corrected chi connectivity index (χ2v) is 7.07. The van der Waals surface area contributed by atoms with E-state index in [1.165, 1.54) is 12.1 Å². The number of nitrogens with one attached hydrogen (secondary N) is 2. The third-order valence-corrected chi connectivity index (χ3v) is 4.94. The first-order valence-corrected chi connectivity index (χ1v) is 9.70. The van der Waals surface area contributed by atoms with Gasteiger partial charge in [-0.3, -0.25) is 19.9 Å². The van der Waals surface area contributed by atoms with Crippen molar-refractivity contribution < 1.29 is 14.5 Å². The van der Waals surface area contributed by atoms with Crippen molar-refractivity contribution >= 4 is 22.5 Å². The van der Waals surface area contributed by atoms with Gasteiger partial charge in [-0.25, -0.2) is 0 Å². The summed E-state index contributed by atoms with van der Waals surface area (Å²) in [5, 5.41) is 14.5. The van der Waals surface area contributed by atoms with E-state index in [0.717, 1.165) is 11.3 Å². The molecular weight excluding hydrogens is 396 g/mol. The molecule has 31 heavy (non-hydrogen) atoms. The number of benzene rings is 2. The minimum Gasteiger partial charge on any atom is -0.487 e. The van der Waals surface area contributed by atoms with Crippen LogP contribution in [-0.2, 0) is 6.61 Å². The van der Waals surface area contributed by atoms with Gasteiger partial charge in [0.05, 0.1) is 22.2 Å². The van der Waals surface area contributed by atoms with Gasteiger partial charge in [-0.1, -0.05) is 18.2 Å². The van der Waals surface area contributed by atoms with E-state index in [-0.39, 0.29) is 17.6 Å². The summed E-state index contributed by atoms with van der Waals surface area (Å²) >= 11 is 0. The Morgan fingerprint density at radius 3 is 2.84 bits per heavy atom. The molecule has 0 radical (unpaired) electrons. The summed E-state index contributed by atoms with van der Waals surface area (Å²) in [6.45, 7) is 2.21. The summed E-state index contributed by atoms with van der Waals surface area (Å²) in [5.41, 5.74) is 2.65. The Morgan fingerprint density at radius 2 is 2.06 bits per heavy atom. The first-order chi connectivity index (χ1) is 15.0. The molecule has 1 atom stereocenters. The maximum absolute atomic E-state index is 12.8. The van der Waals surface area contributed by atoms with Crippen LogP contribution < -0.4 is 10.1 Å².